The fraction of sp³-hybridized carbons (Fsp3) is 0.329. The number of benzodiazepines with no additional fused rings is 1. The predicted octanol–water partition coefficient (Wildman–Crippen LogP) is 13.4. The van der Waals surface area contributed by atoms with Crippen LogP contribution >= 0.6 is 58.8 Å². The molecule has 0 aliphatic carbocycles. The third-order valence-electron chi connectivity index (χ3n) is 16.0. The van der Waals surface area contributed by atoms with Crippen molar-refractivity contribution in [2.75, 3.05) is 159 Å². The minimum Gasteiger partial charge on any atom is -0.491 e. The second-order valence-electron chi connectivity index (χ2n) is 23.1. The van der Waals surface area contributed by atoms with E-state index in [0.717, 1.165) is 86.5 Å². The highest BCUT2D eigenvalue weighted by molar-refractivity contribution is 8.13. The zero-order valence-electron chi connectivity index (χ0n) is 57.4. The fourth-order valence-electron chi connectivity index (χ4n) is 10.2. The number of likely N-dealkylation sites (N-methyl/N-ethyl adjacent to an activating group) is 3. The molecule has 6 aromatic carbocycles. The van der Waals surface area contributed by atoms with Gasteiger partial charge in [0.15, 0.2) is 5.82 Å². The molecule has 0 saturated carbocycles. The molecule has 3 aliphatic heterocycles. The number of hydrogen-bond acceptors (Lipinski definition) is 21. The van der Waals surface area contributed by atoms with Crippen molar-refractivity contribution in [3.8, 4) is 35.5 Å². The number of thiocarbonyl (C=S) groups is 1. The number of ether oxygens (including phenoxy) is 6. The van der Waals surface area contributed by atoms with Crippen molar-refractivity contribution in [1.82, 2.24) is 29.8 Å². The lowest BCUT2D eigenvalue weighted by Gasteiger charge is -2.18. The van der Waals surface area contributed by atoms with Gasteiger partial charge in [0.05, 0.1) is 82.9 Å². The third-order valence-corrected chi connectivity index (χ3v) is 17.9. The van der Waals surface area contributed by atoms with Crippen molar-refractivity contribution < 1.29 is 28.4 Å². The van der Waals surface area contributed by atoms with E-state index in [1.807, 2.05) is 151 Å². The highest BCUT2D eigenvalue weighted by Gasteiger charge is 2.28. The second kappa shape index (κ2) is 37.5. The van der Waals surface area contributed by atoms with Crippen molar-refractivity contribution in [2.45, 2.75) is 13.8 Å². The van der Waals surface area contributed by atoms with Crippen LogP contribution in [0.25, 0.3) is 0 Å². The van der Waals surface area contributed by atoms with Gasteiger partial charge in [-0.05, 0) is 77.6 Å². The van der Waals surface area contributed by atoms with E-state index >= 15 is 0 Å². The summed E-state index contributed by atoms with van der Waals surface area (Å²) < 4.78 is 33.3. The number of methoxy groups -OCH3 is 3. The Morgan fingerprint density at radius 1 is 0.545 bits per heavy atom. The fourth-order valence-corrected chi connectivity index (χ4v) is 11.6. The minimum absolute atomic E-state index is 0.340. The maximum atomic E-state index is 9.96. The number of aryl methyl sites for hydroxylation is 1. The minimum atomic E-state index is 0.340. The lowest BCUT2D eigenvalue weighted by molar-refractivity contribution is 0.150. The van der Waals surface area contributed by atoms with E-state index in [9.17, 15) is 15.8 Å². The molecule has 21 nitrogen and oxygen atoms in total. The Hall–Kier alpha value is -8.71. The summed E-state index contributed by atoms with van der Waals surface area (Å²) in [6.45, 7) is 12.1. The molecule has 4 heterocycles. The van der Waals surface area contributed by atoms with Gasteiger partial charge < -0.3 is 58.7 Å². The number of aliphatic imine (C=N–C) groups is 4. The molecule has 0 bridgehead atoms. The van der Waals surface area contributed by atoms with Gasteiger partial charge in [-0.2, -0.15) is 20.9 Å². The monoisotopic (exact) mass is 1430 g/mol. The van der Waals surface area contributed by atoms with Gasteiger partial charge in [-0.25, -0.2) is 15.0 Å². The zero-order chi connectivity index (χ0) is 71.1. The van der Waals surface area contributed by atoms with Gasteiger partial charge in [0, 0.05) is 147 Å². The van der Waals surface area contributed by atoms with Crippen LogP contribution in [0.1, 0.15) is 62.7 Å². The van der Waals surface area contributed by atoms with Gasteiger partial charge in [-0.1, -0.05) is 102 Å². The molecule has 1 aromatic heterocycles. The summed E-state index contributed by atoms with van der Waals surface area (Å²) in [5.74, 6) is 2.10. The number of rotatable bonds is 25. The first-order chi connectivity index (χ1) is 47.8. The van der Waals surface area contributed by atoms with Crippen LogP contribution in [0.15, 0.2) is 141 Å². The van der Waals surface area contributed by atoms with E-state index in [1.165, 1.54) is 11.8 Å². The van der Waals surface area contributed by atoms with Crippen LogP contribution in [-0.4, -0.2) is 205 Å². The van der Waals surface area contributed by atoms with Gasteiger partial charge in [0.25, 0.3) is 0 Å². The molecule has 0 saturated heterocycles. The van der Waals surface area contributed by atoms with E-state index in [2.05, 4.69) is 58.7 Å². The summed E-state index contributed by atoms with van der Waals surface area (Å²) in [4.78, 5) is 28.6. The van der Waals surface area contributed by atoms with E-state index in [0.29, 0.717) is 154 Å². The number of thioether (sulfide) groups is 1. The molecule has 3 aliphatic rings. The van der Waals surface area contributed by atoms with E-state index in [1.54, 1.807) is 39.5 Å². The van der Waals surface area contributed by atoms with Crippen LogP contribution in [0.2, 0.25) is 15.1 Å². The number of fused-ring (bicyclic) bond motifs is 4. The van der Waals surface area contributed by atoms with E-state index in [-0.39, 0.29) is 0 Å². The largest absolute Gasteiger partial charge is 0.491 e. The molecule has 516 valence electrons. The molecule has 10 rings (SSSR count). The Bertz CT molecular complexity index is 4330. The number of H-pyrrole nitrogens is 1. The predicted molar refractivity (Wildman–Crippen MR) is 404 cm³/mol. The van der Waals surface area contributed by atoms with Crippen molar-refractivity contribution in [3.63, 3.8) is 0 Å². The Morgan fingerprint density at radius 2 is 0.960 bits per heavy atom. The van der Waals surface area contributed by atoms with Gasteiger partial charge in [-0.15, -0.1) is 11.8 Å². The number of nitrogens with one attached hydrogen (secondary N) is 3. The van der Waals surface area contributed by atoms with Crippen LogP contribution in [-0.2, 0) is 14.2 Å². The van der Waals surface area contributed by atoms with Crippen molar-refractivity contribution in [3.05, 3.63) is 191 Å². The lowest BCUT2D eigenvalue weighted by atomic mass is 9.98. The Kier molecular flexibility index (Phi) is 28.8. The zero-order valence-corrected chi connectivity index (χ0v) is 61.3. The number of aromatic amines is 1. The number of anilines is 3. The summed E-state index contributed by atoms with van der Waals surface area (Å²) in [5.41, 5.74) is 13.3. The summed E-state index contributed by atoms with van der Waals surface area (Å²) >= 11 is 26.5. The van der Waals surface area contributed by atoms with Gasteiger partial charge in [-0.3, -0.25) is 10.1 Å². The number of hydrogen-bond donors (Lipinski definition) is 3. The van der Waals surface area contributed by atoms with Crippen LogP contribution in [0.4, 0.5) is 28.6 Å². The van der Waals surface area contributed by atoms with Crippen molar-refractivity contribution in [1.29, 1.82) is 15.8 Å². The van der Waals surface area contributed by atoms with E-state index < -0.39 is 0 Å². The SMILES string of the molecule is COCCN(C)CCOc1cc2c(cc1C#N)C(c1ccccc1Cl)=NC(=C(C)N(C)C)C(SC)=N2.COCCN(C)CCOc1cc2c(cc1C#N)C(c1ccccc1Cl)=NCC(=S)N2.COCCN(C)CCOc1cc2c(cc1C#N)C(c1ccccc1Cl)=Nc1c(n[nH]c1C)N2. The first-order valence-electron chi connectivity index (χ1n) is 31.6. The smallest absolute Gasteiger partial charge is 0.178 e. The highest BCUT2D eigenvalue weighted by atomic mass is 35.5. The first kappa shape index (κ1) is 76.1. The average molecular weight is 1430 g/mol. The molecule has 0 spiro atoms. The maximum absolute atomic E-state index is 9.96. The molecular weight excluding hydrogens is 1350 g/mol. The number of halogens is 3. The van der Waals surface area contributed by atoms with Crippen LogP contribution < -0.4 is 24.8 Å². The Balaban J connectivity index is 0.000000190. The molecule has 0 unspecified atom stereocenters. The molecule has 0 radical (unpaired) electrons. The third kappa shape index (κ3) is 20.0. The quantitative estimate of drug-likeness (QED) is 0.0450. The summed E-state index contributed by atoms with van der Waals surface area (Å²) in [5, 5.41) is 45.9. The molecule has 7 aromatic rings. The molecular formula is C73H80Cl3N15O6S2. The van der Waals surface area contributed by atoms with E-state index in [4.69, 9.17) is 90.4 Å². The van der Waals surface area contributed by atoms with Crippen molar-refractivity contribution in [2.24, 2.45) is 20.0 Å². The number of benzene rings is 6. The van der Waals surface area contributed by atoms with Gasteiger partial charge in [0.2, 0.25) is 0 Å². The van der Waals surface area contributed by atoms with Gasteiger partial charge in [0.1, 0.15) is 76.7 Å². The summed E-state index contributed by atoms with van der Waals surface area (Å²) in [7, 11) is 15.0. The molecule has 26 heteroatoms. The highest BCUT2D eigenvalue weighted by Crippen LogP contribution is 2.41. The number of allylic oxidation sites excluding steroid dienone is 1. The molecule has 3 N–H and O–H groups in total. The molecule has 0 amide bonds. The maximum Gasteiger partial charge on any atom is 0.178 e. The number of nitriles is 3. The first-order valence-corrected chi connectivity index (χ1v) is 34.4. The summed E-state index contributed by atoms with van der Waals surface area (Å²) in [6.07, 6.45) is 1.98. The van der Waals surface area contributed by atoms with Crippen molar-refractivity contribution >= 4 is 115 Å². The Labute approximate surface area is 604 Å². The molecule has 0 atom stereocenters. The second-order valence-corrected chi connectivity index (χ2v) is 25.6. The van der Waals surface area contributed by atoms with Crippen LogP contribution in [0.5, 0.6) is 17.2 Å². The molecule has 99 heavy (non-hydrogen) atoms. The average Bonchev–Trinajstić information content (AvgIpc) is 1.71. The van der Waals surface area contributed by atoms with Crippen LogP contribution in [0, 0.1) is 40.9 Å². The molecule has 0 fully saturated rings. The number of nitrogens with zero attached hydrogens (tertiary/aromatic N) is 12. The lowest BCUT2D eigenvalue weighted by Crippen LogP contribution is -2.27. The normalized spacial score (nSPS) is 13.3. The standard InChI is InChI=1S/C27H32ClN5O2S.C24H25ClN6O2.C22H23ClN4O2S/c1-18(32(2)3)25-27(36-6)30-23-16-24(35-14-12-33(4)11-13-34-5)19(17-29)15-21(23)26(31-25)20-9-7-8-10-22(20)28;1-15-22-24(30-29-15)27-20-13-21(33-11-9-31(2)8-10-32-3)16(14-26)12-18(20)23(28-22)17-6-4-5-7-19(17)25;1-27(7-9-28-2)8-10-29-20-12-19-17(11-15(20)13-24)22(25-14-21(30)26-19)16-5-3-4-6-18(16)23/h7-10,15-16H,11-14H2,1-6H3;4-7,12-13H,8-11H2,1-3H3,(H2,27,29,30);3-6,11-12H,7-10,14H2,1-2H3,(H,26,30). The number of aromatic nitrogens is 2. The van der Waals surface area contributed by atoms with Gasteiger partial charge >= 0.3 is 0 Å². The Morgan fingerprint density at radius 3 is 1.40 bits per heavy atom. The summed E-state index contributed by atoms with van der Waals surface area (Å²) in [6, 6.07) is 40.2. The topological polar surface area (TPSA) is 242 Å². The van der Waals surface area contributed by atoms with Crippen LogP contribution in [0.3, 0.4) is 0 Å².